The van der Waals surface area contributed by atoms with Gasteiger partial charge in [-0.1, -0.05) is 6.07 Å². The van der Waals surface area contributed by atoms with Gasteiger partial charge in [-0.15, -0.1) is 0 Å². The number of pyridine rings is 1. The molecule has 4 rings (SSSR count). The Balaban J connectivity index is 1.47. The highest BCUT2D eigenvalue weighted by Crippen LogP contribution is 2.46. The van der Waals surface area contributed by atoms with Crippen molar-refractivity contribution in [1.82, 2.24) is 9.88 Å². The Hall–Kier alpha value is -2.83. The van der Waals surface area contributed by atoms with Crippen molar-refractivity contribution in [3.05, 3.63) is 53.2 Å². The number of rotatable bonds is 5. The van der Waals surface area contributed by atoms with Crippen molar-refractivity contribution in [2.75, 3.05) is 44.8 Å². The van der Waals surface area contributed by atoms with Gasteiger partial charge in [0.1, 0.15) is 0 Å². The first-order valence-corrected chi connectivity index (χ1v) is 11.0. The molecule has 1 aromatic heterocycles. The first kappa shape index (κ1) is 23.3. The van der Waals surface area contributed by atoms with Gasteiger partial charge >= 0.3 is 6.18 Å². The van der Waals surface area contributed by atoms with Crippen molar-refractivity contribution in [3.8, 4) is 11.9 Å². The molecule has 33 heavy (non-hydrogen) atoms. The number of ether oxygens (including phenoxy) is 1. The number of hydrogen-bond acceptors (Lipinski definition) is 6. The Labute approximate surface area is 191 Å². The van der Waals surface area contributed by atoms with Gasteiger partial charge in [0.25, 0.3) is 0 Å². The zero-order valence-electron chi connectivity index (χ0n) is 18.5. The van der Waals surface area contributed by atoms with Crippen LogP contribution >= 0.6 is 0 Å². The van der Waals surface area contributed by atoms with Crippen molar-refractivity contribution in [3.63, 3.8) is 0 Å². The average Bonchev–Trinajstić information content (AvgIpc) is 3.17. The smallest absolute Gasteiger partial charge is 0.417 e. The molecule has 1 N–H and O–H groups in total. The Morgan fingerprint density at radius 3 is 2.64 bits per heavy atom. The highest BCUT2D eigenvalue weighted by Gasteiger charge is 2.48. The van der Waals surface area contributed by atoms with E-state index in [-0.39, 0.29) is 23.5 Å². The van der Waals surface area contributed by atoms with Gasteiger partial charge in [-0.25, -0.2) is 4.98 Å². The SMILES string of the molecule is COc1cccc(CN2CCC3(CC2)CN(c2ccc(C#N)c(C(F)(F)F)c2)CC3CO)n1. The number of likely N-dealkylation sites (tertiary alicyclic amines) is 1. The number of alkyl halides is 3. The van der Waals surface area contributed by atoms with Crippen LogP contribution in [0.2, 0.25) is 0 Å². The van der Waals surface area contributed by atoms with Gasteiger partial charge in [0, 0.05) is 43.9 Å². The molecule has 2 aliphatic heterocycles. The second kappa shape index (κ2) is 9.20. The number of aliphatic hydroxyl groups excluding tert-OH is 1. The molecular weight excluding hydrogens is 433 g/mol. The third kappa shape index (κ3) is 4.77. The van der Waals surface area contributed by atoms with Gasteiger partial charge in [-0.3, -0.25) is 4.90 Å². The molecule has 2 fully saturated rings. The van der Waals surface area contributed by atoms with Crippen LogP contribution in [0.3, 0.4) is 0 Å². The van der Waals surface area contributed by atoms with Crippen molar-refractivity contribution in [2.24, 2.45) is 11.3 Å². The minimum Gasteiger partial charge on any atom is -0.481 e. The highest BCUT2D eigenvalue weighted by atomic mass is 19.4. The van der Waals surface area contributed by atoms with E-state index in [1.54, 1.807) is 25.3 Å². The molecule has 0 saturated carbocycles. The number of piperidine rings is 1. The van der Waals surface area contributed by atoms with Gasteiger partial charge in [-0.05, 0) is 55.6 Å². The molecule has 0 radical (unpaired) electrons. The molecule has 0 aliphatic carbocycles. The summed E-state index contributed by atoms with van der Waals surface area (Å²) in [6.45, 7) is 3.43. The van der Waals surface area contributed by atoms with Crippen LogP contribution in [0, 0.1) is 22.7 Å². The van der Waals surface area contributed by atoms with Crippen LogP contribution < -0.4 is 9.64 Å². The predicted molar refractivity (Wildman–Crippen MR) is 117 cm³/mol. The lowest BCUT2D eigenvalue weighted by molar-refractivity contribution is -0.137. The minimum absolute atomic E-state index is 0.00362. The van der Waals surface area contributed by atoms with E-state index in [4.69, 9.17) is 10.00 Å². The van der Waals surface area contributed by atoms with E-state index in [1.807, 2.05) is 17.0 Å². The molecule has 2 aliphatic rings. The molecule has 1 atom stereocenters. The highest BCUT2D eigenvalue weighted by molar-refractivity contribution is 5.56. The lowest BCUT2D eigenvalue weighted by Crippen LogP contribution is -2.44. The third-order valence-corrected chi connectivity index (χ3v) is 7.05. The van der Waals surface area contributed by atoms with Crippen LogP contribution in [0.5, 0.6) is 5.88 Å². The van der Waals surface area contributed by atoms with Gasteiger partial charge in [0.05, 0.1) is 30.0 Å². The summed E-state index contributed by atoms with van der Waals surface area (Å²) in [5.74, 6) is 0.563. The monoisotopic (exact) mass is 460 g/mol. The zero-order valence-corrected chi connectivity index (χ0v) is 18.5. The van der Waals surface area contributed by atoms with Crippen LogP contribution in [0.4, 0.5) is 18.9 Å². The normalized spacial score (nSPS) is 20.7. The fourth-order valence-electron chi connectivity index (χ4n) is 5.15. The standard InChI is InChI=1S/C24H27F3N4O2/c1-33-22-4-2-3-19(29-22)14-30-9-7-23(8-10-30)16-31(13-18(23)15-32)20-6-5-17(12-28)21(11-20)24(25,26)27/h2-6,11,18,32H,7-10,13-16H2,1H3. The molecule has 176 valence electrons. The minimum atomic E-state index is -4.59. The molecule has 3 heterocycles. The van der Waals surface area contributed by atoms with Crippen molar-refractivity contribution in [1.29, 1.82) is 5.26 Å². The quantitative estimate of drug-likeness (QED) is 0.734. The fourth-order valence-corrected chi connectivity index (χ4v) is 5.15. The number of methoxy groups -OCH3 is 1. The van der Waals surface area contributed by atoms with E-state index in [2.05, 4.69) is 9.88 Å². The first-order valence-electron chi connectivity index (χ1n) is 11.0. The van der Waals surface area contributed by atoms with E-state index in [0.29, 0.717) is 31.2 Å². The van der Waals surface area contributed by atoms with Crippen LogP contribution in [0.15, 0.2) is 36.4 Å². The lowest BCUT2D eigenvalue weighted by atomic mass is 9.71. The maximum Gasteiger partial charge on any atom is 0.417 e. The molecule has 1 unspecified atom stereocenters. The molecule has 1 aromatic carbocycles. The van der Waals surface area contributed by atoms with E-state index in [9.17, 15) is 18.3 Å². The predicted octanol–water partition coefficient (Wildman–Crippen LogP) is 3.69. The molecular formula is C24H27F3N4O2. The summed E-state index contributed by atoms with van der Waals surface area (Å²) in [5, 5.41) is 19.1. The van der Waals surface area contributed by atoms with Crippen LogP contribution in [-0.2, 0) is 12.7 Å². The number of hydrogen-bond donors (Lipinski definition) is 1. The molecule has 2 aromatic rings. The summed E-state index contributed by atoms with van der Waals surface area (Å²) in [6.07, 6.45) is -2.89. The number of nitriles is 1. The number of anilines is 1. The van der Waals surface area contributed by atoms with Crippen LogP contribution in [0.25, 0.3) is 0 Å². The third-order valence-electron chi connectivity index (χ3n) is 7.05. The summed E-state index contributed by atoms with van der Waals surface area (Å²) in [6, 6.07) is 11.2. The van der Waals surface area contributed by atoms with E-state index in [0.717, 1.165) is 37.7 Å². The van der Waals surface area contributed by atoms with E-state index < -0.39 is 11.7 Å². The van der Waals surface area contributed by atoms with Crippen LogP contribution in [-0.4, -0.2) is 54.9 Å². The number of nitrogens with zero attached hydrogens (tertiary/aromatic N) is 4. The number of aromatic nitrogens is 1. The summed E-state index contributed by atoms with van der Waals surface area (Å²) in [5.41, 5.74) is -0.0729. The molecule has 9 heteroatoms. The van der Waals surface area contributed by atoms with E-state index in [1.165, 1.54) is 6.07 Å². The average molecular weight is 461 g/mol. The molecule has 6 nitrogen and oxygen atoms in total. The second-order valence-corrected chi connectivity index (χ2v) is 8.91. The van der Waals surface area contributed by atoms with Gasteiger partial charge < -0.3 is 14.7 Å². The van der Waals surface area contributed by atoms with Crippen molar-refractivity contribution >= 4 is 5.69 Å². The summed E-state index contributed by atoms with van der Waals surface area (Å²) >= 11 is 0. The molecule has 0 bridgehead atoms. The number of benzene rings is 1. The Bertz CT molecular complexity index is 1030. The Kier molecular flexibility index (Phi) is 6.50. The number of halogens is 3. The first-order chi connectivity index (χ1) is 15.8. The number of aliphatic hydroxyl groups is 1. The van der Waals surface area contributed by atoms with Crippen molar-refractivity contribution < 1.29 is 23.0 Å². The topological polar surface area (TPSA) is 72.6 Å². The Morgan fingerprint density at radius 1 is 1.24 bits per heavy atom. The maximum atomic E-state index is 13.4. The largest absolute Gasteiger partial charge is 0.481 e. The Morgan fingerprint density at radius 2 is 2.00 bits per heavy atom. The fraction of sp³-hybridized carbons (Fsp3) is 0.500. The second-order valence-electron chi connectivity index (χ2n) is 8.91. The van der Waals surface area contributed by atoms with Gasteiger partial charge in [0.2, 0.25) is 5.88 Å². The molecule has 2 saturated heterocycles. The zero-order chi connectivity index (χ0) is 23.6. The molecule has 1 spiro atoms. The summed E-state index contributed by atoms with van der Waals surface area (Å²) in [7, 11) is 1.59. The van der Waals surface area contributed by atoms with Crippen molar-refractivity contribution in [2.45, 2.75) is 25.6 Å². The summed E-state index contributed by atoms with van der Waals surface area (Å²) < 4.78 is 45.5. The lowest BCUT2D eigenvalue weighted by Gasteiger charge is -2.42. The van der Waals surface area contributed by atoms with Crippen LogP contribution in [0.1, 0.15) is 29.7 Å². The van der Waals surface area contributed by atoms with Gasteiger partial charge in [0.15, 0.2) is 0 Å². The summed E-state index contributed by atoms with van der Waals surface area (Å²) in [4.78, 5) is 8.71. The van der Waals surface area contributed by atoms with Gasteiger partial charge in [-0.2, -0.15) is 18.4 Å². The van der Waals surface area contributed by atoms with E-state index >= 15 is 0 Å². The molecule has 0 amide bonds. The maximum absolute atomic E-state index is 13.4.